The zero-order valence-corrected chi connectivity index (χ0v) is 15.0. The molecular weight excluding hydrogens is 328 g/mol. The lowest BCUT2D eigenvalue weighted by Crippen LogP contribution is -2.31. The van der Waals surface area contributed by atoms with Gasteiger partial charge < -0.3 is 14.2 Å². The highest BCUT2D eigenvalue weighted by atomic mass is 16.5. The third-order valence-electron chi connectivity index (χ3n) is 5.10. The minimum atomic E-state index is -0.321. The first kappa shape index (κ1) is 16.4. The standard InChI is InChI=1S/C21H20N2O3/c1-13-10-14-6-4-9-17-19(14)23(13)12-18(20(17)24)21(25)22(2)15-7-5-8-16(11-15)26-3/h4-9,11-13H,10H2,1-3H3/t13-/m0/s1. The number of aromatic nitrogens is 1. The van der Waals surface area contributed by atoms with Crippen LogP contribution in [0.1, 0.15) is 28.9 Å². The number of amides is 1. The second kappa shape index (κ2) is 6.02. The monoisotopic (exact) mass is 348 g/mol. The topological polar surface area (TPSA) is 51.5 Å². The van der Waals surface area contributed by atoms with E-state index in [1.54, 1.807) is 32.5 Å². The summed E-state index contributed by atoms with van der Waals surface area (Å²) in [5.74, 6) is 0.340. The predicted molar refractivity (Wildman–Crippen MR) is 102 cm³/mol. The molecule has 1 amide bonds. The van der Waals surface area contributed by atoms with Gasteiger partial charge in [0, 0.05) is 36.4 Å². The van der Waals surface area contributed by atoms with E-state index in [1.165, 1.54) is 4.90 Å². The van der Waals surface area contributed by atoms with Crippen LogP contribution >= 0.6 is 0 Å². The Morgan fingerprint density at radius 2 is 2.00 bits per heavy atom. The molecular formula is C21H20N2O3. The van der Waals surface area contributed by atoms with Gasteiger partial charge >= 0.3 is 0 Å². The molecule has 3 aromatic rings. The van der Waals surface area contributed by atoms with Crippen molar-refractivity contribution in [2.75, 3.05) is 19.1 Å². The second-order valence-electron chi connectivity index (χ2n) is 6.71. The molecule has 5 heteroatoms. The third-order valence-corrected chi connectivity index (χ3v) is 5.10. The van der Waals surface area contributed by atoms with Crippen LogP contribution in [0.25, 0.3) is 10.9 Å². The average molecular weight is 348 g/mol. The van der Waals surface area contributed by atoms with Crippen LogP contribution in [0.15, 0.2) is 53.5 Å². The van der Waals surface area contributed by atoms with Crippen LogP contribution in [-0.2, 0) is 6.42 Å². The van der Waals surface area contributed by atoms with E-state index in [0.29, 0.717) is 16.8 Å². The van der Waals surface area contributed by atoms with Gasteiger partial charge in [0.1, 0.15) is 11.3 Å². The van der Waals surface area contributed by atoms with E-state index >= 15 is 0 Å². The van der Waals surface area contributed by atoms with Gasteiger partial charge in [-0.3, -0.25) is 9.59 Å². The average Bonchev–Trinajstić information content (AvgIpc) is 2.99. The number of para-hydroxylation sites is 1. The number of rotatable bonds is 3. The summed E-state index contributed by atoms with van der Waals surface area (Å²) >= 11 is 0. The molecule has 0 spiro atoms. The largest absolute Gasteiger partial charge is 0.497 e. The van der Waals surface area contributed by atoms with E-state index < -0.39 is 0 Å². The quantitative estimate of drug-likeness (QED) is 0.729. The predicted octanol–water partition coefficient (Wildman–Crippen LogP) is 3.40. The summed E-state index contributed by atoms with van der Waals surface area (Å²) in [6.07, 6.45) is 2.59. The molecule has 2 heterocycles. The first-order valence-corrected chi connectivity index (χ1v) is 8.60. The minimum Gasteiger partial charge on any atom is -0.497 e. The lowest BCUT2D eigenvalue weighted by atomic mass is 10.1. The summed E-state index contributed by atoms with van der Waals surface area (Å²) < 4.78 is 7.28. The Morgan fingerprint density at radius 1 is 1.23 bits per heavy atom. The first-order chi connectivity index (χ1) is 12.5. The molecule has 2 aromatic carbocycles. The molecule has 132 valence electrons. The maximum Gasteiger partial charge on any atom is 0.263 e. The summed E-state index contributed by atoms with van der Waals surface area (Å²) in [5.41, 5.74) is 2.76. The number of carbonyl (C=O) groups is 1. The van der Waals surface area contributed by atoms with Crippen LogP contribution in [0.2, 0.25) is 0 Å². The van der Waals surface area contributed by atoms with E-state index in [4.69, 9.17) is 4.74 Å². The Labute approximate surface area is 151 Å². The van der Waals surface area contributed by atoms with Crippen molar-refractivity contribution in [2.45, 2.75) is 19.4 Å². The Kier molecular flexibility index (Phi) is 3.80. The number of hydrogen-bond donors (Lipinski definition) is 0. The molecule has 1 atom stereocenters. The number of ether oxygens (including phenoxy) is 1. The van der Waals surface area contributed by atoms with E-state index in [9.17, 15) is 9.59 Å². The van der Waals surface area contributed by atoms with Gasteiger partial charge in [-0.15, -0.1) is 0 Å². The lowest BCUT2D eigenvalue weighted by Gasteiger charge is -2.19. The Morgan fingerprint density at radius 3 is 2.77 bits per heavy atom. The molecule has 1 aromatic heterocycles. The fourth-order valence-electron chi connectivity index (χ4n) is 3.69. The zero-order chi connectivity index (χ0) is 18.4. The molecule has 5 nitrogen and oxygen atoms in total. The normalized spacial score (nSPS) is 15.3. The van der Waals surface area contributed by atoms with Gasteiger partial charge in [0.2, 0.25) is 5.43 Å². The van der Waals surface area contributed by atoms with Gasteiger partial charge in [-0.2, -0.15) is 0 Å². The van der Waals surface area contributed by atoms with Crippen molar-refractivity contribution in [1.29, 1.82) is 0 Å². The van der Waals surface area contributed by atoms with Gasteiger partial charge in [0.15, 0.2) is 0 Å². The number of methoxy groups -OCH3 is 1. The first-order valence-electron chi connectivity index (χ1n) is 8.60. The maximum atomic E-state index is 13.1. The van der Waals surface area contributed by atoms with Gasteiger partial charge in [-0.1, -0.05) is 18.2 Å². The fourth-order valence-corrected chi connectivity index (χ4v) is 3.69. The Hall–Kier alpha value is -3.08. The number of benzene rings is 2. The summed E-state index contributed by atoms with van der Waals surface area (Å²) in [4.78, 5) is 27.5. The van der Waals surface area contributed by atoms with Crippen molar-refractivity contribution in [2.24, 2.45) is 0 Å². The van der Waals surface area contributed by atoms with Gasteiger partial charge in [-0.05, 0) is 37.1 Å². The number of pyridine rings is 1. The summed E-state index contributed by atoms with van der Waals surface area (Å²) in [5, 5.41) is 0.608. The summed E-state index contributed by atoms with van der Waals surface area (Å²) in [7, 11) is 3.25. The van der Waals surface area contributed by atoms with Crippen LogP contribution in [0.4, 0.5) is 5.69 Å². The lowest BCUT2D eigenvalue weighted by molar-refractivity contribution is 0.0991. The Balaban J connectivity index is 1.84. The highest BCUT2D eigenvalue weighted by molar-refractivity contribution is 6.07. The molecule has 1 aliphatic rings. The minimum absolute atomic E-state index is 0.189. The third kappa shape index (κ3) is 2.39. The van der Waals surface area contributed by atoms with Crippen molar-refractivity contribution >= 4 is 22.5 Å². The molecule has 1 aliphatic heterocycles. The van der Waals surface area contributed by atoms with E-state index in [-0.39, 0.29) is 22.9 Å². The molecule has 26 heavy (non-hydrogen) atoms. The van der Waals surface area contributed by atoms with E-state index in [0.717, 1.165) is 17.5 Å². The van der Waals surface area contributed by atoms with Crippen LogP contribution < -0.4 is 15.1 Å². The highest BCUT2D eigenvalue weighted by Gasteiger charge is 2.26. The van der Waals surface area contributed by atoms with Crippen molar-refractivity contribution in [1.82, 2.24) is 4.57 Å². The second-order valence-corrected chi connectivity index (χ2v) is 6.71. The van der Waals surface area contributed by atoms with E-state index in [2.05, 4.69) is 11.5 Å². The van der Waals surface area contributed by atoms with Crippen LogP contribution in [-0.4, -0.2) is 24.6 Å². The van der Waals surface area contributed by atoms with Crippen molar-refractivity contribution in [3.8, 4) is 5.75 Å². The zero-order valence-electron chi connectivity index (χ0n) is 15.0. The maximum absolute atomic E-state index is 13.1. The smallest absolute Gasteiger partial charge is 0.263 e. The van der Waals surface area contributed by atoms with Crippen LogP contribution in [0.5, 0.6) is 5.75 Å². The number of nitrogens with zero attached hydrogens (tertiary/aromatic N) is 2. The molecule has 0 saturated heterocycles. The highest BCUT2D eigenvalue weighted by Crippen LogP contribution is 2.31. The van der Waals surface area contributed by atoms with E-state index in [1.807, 2.05) is 30.3 Å². The van der Waals surface area contributed by atoms with Crippen molar-refractivity contribution < 1.29 is 9.53 Å². The Bertz CT molecular complexity index is 1080. The van der Waals surface area contributed by atoms with Crippen molar-refractivity contribution in [3.05, 3.63) is 70.0 Å². The fraction of sp³-hybridized carbons (Fsp3) is 0.238. The molecule has 0 unspecified atom stereocenters. The van der Waals surface area contributed by atoms with Gasteiger partial charge in [-0.25, -0.2) is 0 Å². The molecule has 0 N–H and O–H groups in total. The summed E-state index contributed by atoms with van der Waals surface area (Å²) in [6, 6.07) is 13.2. The number of anilines is 1. The molecule has 4 rings (SSSR count). The van der Waals surface area contributed by atoms with Gasteiger partial charge in [0.05, 0.1) is 12.6 Å². The molecule has 0 aliphatic carbocycles. The summed E-state index contributed by atoms with van der Waals surface area (Å²) in [6.45, 7) is 2.10. The molecule has 0 radical (unpaired) electrons. The SMILES string of the molecule is COc1cccc(N(C)C(=O)c2cn3c4c(cccc4c2=O)C[C@@H]3C)c1. The van der Waals surface area contributed by atoms with Crippen molar-refractivity contribution in [3.63, 3.8) is 0 Å². The van der Waals surface area contributed by atoms with Crippen LogP contribution in [0, 0.1) is 0 Å². The molecule has 0 fully saturated rings. The molecule has 0 saturated carbocycles. The van der Waals surface area contributed by atoms with Gasteiger partial charge in [0.25, 0.3) is 5.91 Å². The van der Waals surface area contributed by atoms with Crippen LogP contribution in [0.3, 0.4) is 0 Å². The number of hydrogen-bond acceptors (Lipinski definition) is 3. The molecule has 0 bridgehead atoms. The number of carbonyl (C=O) groups excluding carboxylic acids is 1.